The molecule has 12 nitrogen and oxygen atoms in total. The molecule has 2 aliphatic rings. The van der Waals surface area contributed by atoms with Gasteiger partial charge in [-0.1, -0.05) is 5.16 Å². The third-order valence-corrected chi connectivity index (χ3v) is 5.24. The van der Waals surface area contributed by atoms with Crippen LogP contribution in [0.15, 0.2) is 11.0 Å². The lowest BCUT2D eigenvalue weighted by Gasteiger charge is -2.27. The van der Waals surface area contributed by atoms with Crippen molar-refractivity contribution in [2.24, 2.45) is 11.3 Å². The number of likely N-dealkylation sites (tertiary alicyclic amines) is 2. The Labute approximate surface area is 147 Å². The number of aryl methyl sites for hydroxylation is 1. The van der Waals surface area contributed by atoms with Gasteiger partial charge in [-0.2, -0.15) is 4.80 Å². The van der Waals surface area contributed by atoms with E-state index in [1.807, 2.05) is 0 Å². The molecule has 0 spiro atoms. The Morgan fingerprint density at radius 2 is 2.08 bits per heavy atom. The van der Waals surface area contributed by atoms with Gasteiger partial charge in [0.2, 0.25) is 5.91 Å². The van der Waals surface area contributed by atoms with Gasteiger partial charge in [-0.3, -0.25) is 9.59 Å². The van der Waals surface area contributed by atoms with Crippen LogP contribution in [0, 0.1) is 18.3 Å². The van der Waals surface area contributed by atoms with Crippen LogP contribution in [0.25, 0.3) is 0 Å². The highest BCUT2D eigenvalue weighted by Crippen LogP contribution is 2.42. The normalized spacial score (nSPS) is 24.9. The van der Waals surface area contributed by atoms with Gasteiger partial charge in [0, 0.05) is 37.5 Å². The second-order valence-corrected chi connectivity index (χ2v) is 6.84. The number of amides is 2. The van der Waals surface area contributed by atoms with Gasteiger partial charge in [0.25, 0.3) is 5.91 Å². The summed E-state index contributed by atoms with van der Waals surface area (Å²) < 4.78 is 4.60. The van der Waals surface area contributed by atoms with Gasteiger partial charge in [0.05, 0.1) is 6.61 Å². The predicted octanol–water partition coefficient (Wildman–Crippen LogP) is -2.04. The maximum absolute atomic E-state index is 12.6. The number of hydrogen-bond acceptors (Lipinski definition) is 9. The van der Waals surface area contributed by atoms with E-state index in [0.717, 1.165) is 0 Å². The molecule has 138 valence electrons. The number of aliphatic hydroxyl groups is 1. The summed E-state index contributed by atoms with van der Waals surface area (Å²) in [5.74, 6) is -0.417. The summed E-state index contributed by atoms with van der Waals surface area (Å²) in [6, 6.07) is 0. The summed E-state index contributed by atoms with van der Waals surface area (Å²) in [6.45, 7) is 3.18. The van der Waals surface area contributed by atoms with Crippen molar-refractivity contribution in [3.8, 4) is 0 Å². The minimum absolute atomic E-state index is 0.000672. The number of fused-ring (bicyclic) bond motifs is 1. The molecule has 0 bridgehead atoms. The Morgan fingerprint density at radius 1 is 1.31 bits per heavy atom. The molecule has 2 unspecified atom stereocenters. The third-order valence-electron chi connectivity index (χ3n) is 5.24. The van der Waals surface area contributed by atoms with E-state index in [0.29, 0.717) is 31.9 Å². The molecule has 1 N–H and O–H groups in total. The fourth-order valence-electron chi connectivity index (χ4n) is 3.81. The van der Waals surface area contributed by atoms with Gasteiger partial charge in [-0.05, 0) is 17.3 Å². The van der Waals surface area contributed by atoms with Crippen LogP contribution in [-0.2, 0) is 11.3 Å². The van der Waals surface area contributed by atoms with E-state index in [1.165, 1.54) is 11.1 Å². The van der Waals surface area contributed by atoms with Crippen molar-refractivity contribution in [2.75, 3.05) is 32.8 Å². The van der Waals surface area contributed by atoms with Gasteiger partial charge in [0.1, 0.15) is 12.2 Å². The zero-order valence-corrected chi connectivity index (χ0v) is 14.1. The van der Waals surface area contributed by atoms with Crippen molar-refractivity contribution in [3.05, 3.63) is 17.7 Å². The zero-order valence-electron chi connectivity index (χ0n) is 14.1. The van der Waals surface area contributed by atoms with Crippen molar-refractivity contribution in [3.63, 3.8) is 0 Å². The monoisotopic (exact) mass is 362 g/mol. The van der Waals surface area contributed by atoms with Gasteiger partial charge in [0.15, 0.2) is 12.0 Å². The number of aliphatic hydroxyl groups excluding tert-OH is 1. The summed E-state index contributed by atoms with van der Waals surface area (Å²) in [4.78, 5) is 29.6. The molecule has 2 aliphatic heterocycles. The Kier molecular flexibility index (Phi) is 3.90. The second-order valence-electron chi connectivity index (χ2n) is 6.84. The van der Waals surface area contributed by atoms with Crippen molar-refractivity contribution < 1.29 is 19.3 Å². The summed E-state index contributed by atoms with van der Waals surface area (Å²) in [5.41, 5.74) is 0.0807. The molecule has 2 amide bonds. The van der Waals surface area contributed by atoms with Crippen molar-refractivity contribution in [1.82, 2.24) is 40.3 Å². The largest absolute Gasteiger partial charge is 0.396 e. The number of carbonyl (C=O) groups excluding carboxylic acids is 2. The third kappa shape index (κ3) is 2.62. The fourth-order valence-corrected chi connectivity index (χ4v) is 3.81. The minimum atomic E-state index is -0.536. The van der Waals surface area contributed by atoms with Crippen LogP contribution in [0.1, 0.15) is 16.2 Å². The van der Waals surface area contributed by atoms with Crippen molar-refractivity contribution >= 4 is 11.8 Å². The van der Waals surface area contributed by atoms with E-state index in [1.54, 1.807) is 16.7 Å². The predicted molar refractivity (Wildman–Crippen MR) is 82.3 cm³/mol. The smallest absolute Gasteiger partial charge is 0.278 e. The van der Waals surface area contributed by atoms with Crippen LogP contribution in [0.4, 0.5) is 0 Å². The molecule has 2 aromatic heterocycles. The molecule has 12 heteroatoms. The van der Waals surface area contributed by atoms with Crippen molar-refractivity contribution in [2.45, 2.75) is 13.5 Å². The molecule has 2 atom stereocenters. The molecule has 0 saturated carbocycles. The summed E-state index contributed by atoms with van der Waals surface area (Å²) >= 11 is 0. The van der Waals surface area contributed by atoms with Crippen LogP contribution < -0.4 is 0 Å². The fraction of sp³-hybridized carbons (Fsp3) is 0.643. The summed E-state index contributed by atoms with van der Waals surface area (Å²) in [7, 11) is 0. The maximum atomic E-state index is 12.6. The standard InChI is InChI=1S/C14H18N8O4/c1-9-12(18-26-17-9)13(25)21-3-10-2-20(5-14(10,6-21)7-23)11(24)4-22-16-8-15-19-22/h8,10,23H,2-7H2,1H3. The lowest BCUT2D eigenvalue weighted by Crippen LogP contribution is -2.41. The number of aromatic nitrogens is 6. The number of rotatable bonds is 4. The molecule has 2 aromatic rings. The molecule has 0 aromatic carbocycles. The molecule has 0 aliphatic carbocycles. The van der Waals surface area contributed by atoms with Crippen LogP contribution in [-0.4, -0.2) is 90.0 Å². The molecule has 4 rings (SSSR count). The highest BCUT2D eigenvalue weighted by Gasteiger charge is 2.54. The van der Waals surface area contributed by atoms with E-state index >= 15 is 0 Å². The molecule has 2 fully saturated rings. The van der Waals surface area contributed by atoms with E-state index in [9.17, 15) is 14.7 Å². The number of carbonyl (C=O) groups is 2. The first-order valence-corrected chi connectivity index (χ1v) is 8.20. The average molecular weight is 362 g/mol. The van der Waals surface area contributed by atoms with Crippen LogP contribution in [0.5, 0.6) is 0 Å². The zero-order chi connectivity index (χ0) is 18.3. The quantitative estimate of drug-likeness (QED) is 0.650. The van der Waals surface area contributed by atoms with Gasteiger partial charge < -0.3 is 14.9 Å². The first-order valence-electron chi connectivity index (χ1n) is 8.20. The minimum Gasteiger partial charge on any atom is -0.396 e. The van der Waals surface area contributed by atoms with Crippen LogP contribution >= 0.6 is 0 Å². The molecular formula is C14H18N8O4. The first kappa shape index (κ1) is 16.6. The molecule has 2 saturated heterocycles. The lowest BCUT2D eigenvalue weighted by atomic mass is 9.82. The summed E-state index contributed by atoms with van der Waals surface area (Å²) in [5, 5.41) is 28.4. The average Bonchev–Trinajstić information content (AvgIpc) is 3.37. The highest BCUT2D eigenvalue weighted by atomic mass is 16.6. The second kappa shape index (κ2) is 6.12. The van der Waals surface area contributed by atoms with Crippen LogP contribution in [0.2, 0.25) is 0 Å². The highest BCUT2D eigenvalue weighted by molar-refractivity contribution is 5.93. The lowest BCUT2D eigenvalue weighted by molar-refractivity contribution is -0.131. The molecular weight excluding hydrogens is 344 g/mol. The number of hydrogen-bond donors (Lipinski definition) is 1. The SMILES string of the molecule is Cc1nonc1C(=O)N1CC2CN(C(=O)Cn3ncnn3)CC2(CO)C1. The number of nitrogens with zero attached hydrogens (tertiary/aromatic N) is 8. The summed E-state index contributed by atoms with van der Waals surface area (Å²) in [6.07, 6.45) is 1.27. The van der Waals surface area contributed by atoms with Gasteiger partial charge in [-0.25, -0.2) is 4.63 Å². The van der Waals surface area contributed by atoms with E-state index in [-0.39, 0.29) is 36.6 Å². The van der Waals surface area contributed by atoms with Crippen molar-refractivity contribution in [1.29, 1.82) is 0 Å². The molecule has 4 heterocycles. The van der Waals surface area contributed by atoms with Crippen LogP contribution in [0.3, 0.4) is 0 Å². The molecule has 26 heavy (non-hydrogen) atoms. The Bertz CT molecular complexity index is 821. The topological polar surface area (TPSA) is 143 Å². The molecule has 0 radical (unpaired) electrons. The van der Waals surface area contributed by atoms with Gasteiger partial charge in [-0.15, -0.1) is 10.2 Å². The van der Waals surface area contributed by atoms with E-state index < -0.39 is 5.41 Å². The van der Waals surface area contributed by atoms with E-state index in [2.05, 4.69) is 30.4 Å². The Hall–Kier alpha value is -2.89. The number of tetrazole rings is 1. The maximum Gasteiger partial charge on any atom is 0.278 e. The Morgan fingerprint density at radius 3 is 2.69 bits per heavy atom. The first-order chi connectivity index (χ1) is 12.5. The Balaban J connectivity index is 1.45. The van der Waals surface area contributed by atoms with E-state index in [4.69, 9.17) is 0 Å². The van der Waals surface area contributed by atoms with Gasteiger partial charge >= 0.3 is 0 Å².